The number of hydrogen-bond acceptors (Lipinski definition) is 6. The number of benzene rings is 1. The topological polar surface area (TPSA) is 98.7 Å². The second-order valence-electron chi connectivity index (χ2n) is 7.57. The van der Waals surface area contributed by atoms with Crippen LogP contribution in [0.15, 0.2) is 53.6 Å². The second kappa shape index (κ2) is 7.22. The van der Waals surface area contributed by atoms with E-state index in [2.05, 4.69) is 25.4 Å². The Kier molecular flexibility index (Phi) is 4.39. The number of aromatic nitrogens is 5. The summed E-state index contributed by atoms with van der Waals surface area (Å²) in [6, 6.07) is 9.53. The molecule has 1 aliphatic carbocycles. The van der Waals surface area contributed by atoms with Crippen molar-refractivity contribution in [1.82, 2.24) is 24.7 Å². The van der Waals surface area contributed by atoms with Gasteiger partial charge in [0.25, 0.3) is 11.8 Å². The molecular weight excluding hydrogens is 380 g/mol. The molecule has 1 saturated carbocycles. The molecular formula is C22H20N6O2. The smallest absolute Gasteiger partial charge is 0.275 e. The number of hydrogen-bond donors (Lipinski definition) is 1. The van der Waals surface area contributed by atoms with Crippen LogP contribution in [-0.2, 0) is 0 Å². The molecule has 1 N–H and O–H groups in total. The Morgan fingerprint density at radius 3 is 2.83 bits per heavy atom. The second-order valence-corrected chi connectivity index (χ2v) is 7.57. The van der Waals surface area contributed by atoms with Crippen molar-refractivity contribution in [3.8, 4) is 17.3 Å². The molecule has 0 atom stereocenters. The van der Waals surface area contributed by atoms with E-state index >= 15 is 0 Å². The number of carbonyl (C=O) groups is 1. The summed E-state index contributed by atoms with van der Waals surface area (Å²) in [5, 5.41) is 6.96. The van der Waals surface area contributed by atoms with Crippen LogP contribution in [0.1, 0.15) is 46.2 Å². The number of amides is 1. The molecule has 8 heteroatoms. The maximum absolute atomic E-state index is 12.6. The Hall–Kier alpha value is -3.81. The zero-order valence-corrected chi connectivity index (χ0v) is 16.7. The highest BCUT2D eigenvalue weighted by molar-refractivity contribution is 6.03. The fourth-order valence-corrected chi connectivity index (χ4v) is 3.26. The predicted octanol–water partition coefficient (Wildman–Crippen LogP) is 4.06. The monoisotopic (exact) mass is 400 g/mol. The number of anilines is 1. The third-order valence-corrected chi connectivity index (χ3v) is 5.09. The molecule has 0 spiro atoms. The van der Waals surface area contributed by atoms with Crippen molar-refractivity contribution in [2.24, 2.45) is 0 Å². The third kappa shape index (κ3) is 3.59. The molecule has 0 radical (unpaired) electrons. The summed E-state index contributed by atoms with van der Waals surface area (Å²) in [4.78, 5) is 25.7. The number of rotatable bonds is 5. The summed E-state index contributed by atoms with van der Waals surface area (Å²) < 4.78 is 7.09. The normalized spacial score (nSPS) is 13.4. The summed E-state index contributed by atoms with van der Waals surface area (Å²) in [5.41, 5.74) is 3.99. The molecule has 0 unspecified atom stereocenters. The first-order valence-corrected chi connectivity index (χ1v) is 9.80. The van der Waals surface area contributed by atoms with Gasteiger partial charge in [-0.3, -0.25) is 9.36 Å². The SMILES string of the molecule is Cc1ccc(NC(=O)c2cn(-c3cc(-c4nc(C5CC5)no4)ccn3)cn2)c(C)c1. The van der Waals surface area contributed by atoms with Crippen LogP contribution in [0, 0.1) is 13.8 Å². The van der Waals surface area contributed by atoms with E-state index in [0.29, 0.717) is 23.3 Å². The van der Waals surface area contributed by atoms with Crippen LogP contribution < -0.4 is 5.32 Å². The van der Waals surface area contributed by atoms with E-state index in [0.717, 1.165) is 41.0 Å². The van der Waals surface area contributed by atoms with Crippen molar-refractivity contribution in [3.05, 3.63) is 71.7 Å². The number of imidazole rings is 1. The van der Waals surface area contributed by atoms with Gasteiger partial charge in [0.05, 0.1) is 0 Å². The quantitative estimate of drug-likeness (QED) is 0.542. The Bertz CT molecular complexity index is 1240. The molecule has 1 aliphatic rings. The number of pyridine rings is 1. The van der Waals surface area contributed by atoms with Gasteiger partial charge >= 0.3 is 0 Å². The fourth-order valence-electron chi connectivity index (χ4n) is 3.26. The van der Waals surface area contributed by atoms with E-state index in [1.165, 1.54) is 0 Å². The molecule has 30 heavy (non-hydrogen) atoms. The van der Waals surface area contributed by atoms with Crippen LogP contribution in [0.2, 0.25) is 0 Å². The van der Waals surface area contributed by atoms with Gasteiger partial charge in [0.1, 0.15) is 17.8 Å². The van der Waals surface area contributed by atoms with Crippen molar-refractivity contribution in [3.63, 3.8) is 0 Å². The number of nitrogens with one attached hydrogen (secondary N) is 1. The summed E-state index contributed by atoms with van der Waals surface area (Å²) >= 11 is 0. The first-order valence-electron chi connectivity index (χ1n) is 9.80. The molecule has 4 aromatic rings. The van der Waals surface area contributed by atoms with Crippen molar-refractivity contribution in [2.75, 3.05) is 5.32 Å². The van der Waals surface area contributed by atoms with Crippen LogP contribution in [0.3, 0.4) is 0 Å². The summed E-state index contributed by atoms with van der Waals surface area (Å²) in [5.74, 6) is 1.99. The molecule has 3 aromatic heterocycles. The van der Waals surface area contributed by atoms with Gasteiger partial charge < -0.3 is 9.84 Å². The highest BCUT2D eigenvalue weighted by Crippen LogP contribution is 2.38. The van der Waals surface area contributed by atoms with Crippen LogP contribution in [0.25, 0.3) is 17.3 Å². The predicted molar refractivity (Wildman–Crippen MR) is 110 cm³/mol. The maximum atomic E-state index is 12.6. The van der Waals surface area contributed by atoms with Crippen molar-refractivity contribution in [2.45, 2.75) is 32.6 Å². The van der Waals surface area contributed by atoms with Crippen LogP contribution in [0.5, 0.6) is 0 Å². The fraction of sp³-hybridized carbons (Fsp3) is 0.227. The molecule has 5 rings (SSSR count). The van der Waals surface area contributed by atoms with Gasteiger partial charge in [0.2, 0.25) is 0 Å². The molecule has 0 saturated heterocycles. The highest BCUT2D eigenvalue weighted by Gasteiger charge is 2.29. The van der Waals surface area contributed by atoms with E-state index in [9.17, 15) is 4.79 Å². The Morgan fingerprint density at radius 2 is 2.03 bits per heavy atom. The lowest BCUT2D eigenvalue weighted by Gasteiger charge is -2.07. The van der Waals surface area contributed by atoms with Gasteiger partial charge in [-0.15, -0.1) is 0 Å². The lowest BCUT2D eigenvalue weighted by Crippen LogP contribution is -2.13. The summed E-state index contributed by atoms with van der Waals surface area (Å²) in [6.07, 6.45) is 7.10. The molecule has 0 bridgehead atoms. The number of carbonyl (C=O) groups excluding carboxylic acids is 1. The summed E-state index contributed by atoms with van der Waals surface area (Å²) in [7, 11) is 0. The Labute approximate surface area is 173 Å². The average molecular weight is 400 g/mol. The van der Waals surface area contributed by atoms with Gasteiger partial charge in [-0.1, -0.05) is 22.9 Å². The van der Waals surface area contributed by atoms with Gasteiger partial charge in [-0.05, 0) is 50.5 Å². The number of aryl methyl sites for hydroxylation is 2. The van der Waals surface area contributed by atoms with Crippen LogP contribution in [0.4, 0.5) is 5.69 Å². The molecule has 0 aliphatic heterocycles. The van der Waals surface area contributed by atoms with Crippen LogP contribution >= 0.6 is 0 Å². The van der Waals surface area contributed by atoms with E-state index in [4.69, 9.17) is 4.52 Å². The van der Waals surface area contributed by atoms with Crippen molar-refractivity contribution in [1.29, 1.82) is 0 Å². The Morgan fingerprint density at radius 1 is 1.17 bits per heavy atom. The summed E-state index contributed by atoms with van der Waals surface area (Å²) in [6.45, 7) is 3.98. The van der Waals surface area contributed by atoms with Gasteiger partial charge in [0, 0.05) is 29.6 Å². The van der Waals surface area contributed by atoms with E-state index in [1.54, 1.807) is 23.3 Å². The first kappa shape index (κ1) is 18.2. The highest BCUT2D eigenvalue weighted by atomic mass is 16.5. The first-order chi connectivity index (χ1) is 14.6. The zero-order chi connectivity index (χ0) is 20.7. The maximum Gasteiger partial charge on any atom is 0.275 e. The van der Waals surface area contributed by atoms with Crippen molar-refractivity contribution < 1.29 is 9.32 Å². The molecule has 3 heterocycles. The van der Waals surface area contributed by atoms with Crippen molar-refractivity contribution >= 4 is 11.6 Å². The minimum Gasteiger partial charge on any atom is -0.334 e. The van der Waals surface area contributed by atoms with E-state index in [-0.39, 0.29) is 5.91 Å². The minimum absolute atomic E-state index is 0.275. The van der Waals surface area contributed by atoms with Gasteiger partial charge in [0.15, 0.2) is 5.82 Å². The third-order valence-electron chi connectivity index (χ3n) is 5.09. The Balaban J connectivity index is 1.36. The molecule has 150 valence electrons. The average Bonchev–Trinajstić information content (AvgIpc) is 3.27. The van der Waals surface area contributed by atoms with Gasteiger partial charge in [-0.2, -0.15) is 4.98 Å². The van der Waals surface area contributed by atoms with E-state index in [1.807, 2.05) is 44.2 Å². The van der Waals surface area contributed by atoms with Crippen LogP contribution in [-0.4, -0.2) is 30.6 Å². The molecule has 8 nitrogen and oxygen atoms in total. The number of nitrogens with zero attached hydrogens (tertiary/aromatic N) is 5. The van der Waals surface area contributed by atoms with Gasteiger partial charge in [-0.25, -0.2) is 9.97 Å². The molecule has 1 fully saturated rings. The standard InChI is InChI=1S/C22H20N6O2/c1-13-3-6-17(14(2)9-13)25-21(29)18-11-28(12-24-18)19-10-16(7-8-23-19)22-26-20(27-30-22)15-4-5-15/h3,6-12,15H,4-5H2,1-2H3,(H,25,29). The lowest BCUT2D eigenvalue weighted by atomic mass is 10.1. The molecule has 1 amide bonds. The minimum atomic E-state index is -0.275. The van der Waals surface area contributed by atoms with E-state index < -0.39 is 0 Å². The zero-order valence-electron chi connectivity index (χ0n) is 16.7. The molecule has 1 aromatic carbocycles. The lowest BCUT2D eigenvalue weighted by molar-refractivity contribution is 0.102. The largest absolute Gasteiger partial charge is 0.334 e.